The second-order valence-electron chi connectivity index (χ2n) is 9.37. The van der Waals surface area contributed by atoms with Gasteiger partial charge < -0.3 is 0 Å². The number of aromatic nitrogens is 3. The summed E-state index contributed by atoms with van der Waals surface area (Å²) in [6.07, 6.45) is 3.34. The van der Waals surface area contributed by atoms with E-state index in [0.29, 0.717) is 25.6 Å². The van der Waals surface area contributed by atoms with Gasteiger partial charge in [-0.15, -0.1) is 11.3 Å². The van der Waals surface area contributed by atoms with Crippen molar-refractivity contribution in [3.05, 3.63) is 71.1 Å². The molecule has 0 amide bonds. The Balaban J connectivity index is 1.53. The molecule has 1 aliphatic heterocycles. The van der Waals surface area contributed by atoms with Crippen molar-refractivity contribution in [3.8, 4) is 5.69 Å². The highest BCUT2D eigenvalue weighted by atomic mass is 32.2. The molecule has 0 saturated carbocycles. The standard InChI is InChI=1S/C25H28FN5O2S2/c1-17(2)15-29-9-10-30(35(32,33)25-27-8-11-34-25)16-24(29)22-13-19-14-28-31(23(19)12-18(22)3)21-6-4-20(26)5-7-21/h4-8,11-14,17,24H,9-10,15-16H2,1-3H3/t24-/m1/s1. The summed E-state index contributed by atoms with van der Waals surface area (Å²) in [4.78, 5) is 6.45. The molecule has 0 spiro atoms. The van der Waals surface area contributed by atoms with Crippen LogP contribution in [0.1, 0.15) is 31.0 Å². The number of sulfonamides is 1. The van der Waals surface area contributed by atoms with Gasteiger partial charge in [0.2, 0.25) is 4.34 Å². The van der Waals surface area contributed by atoms with Crippen molar-refractivity contribution >= 4 is 32.3 Å². The number of thiazole rings is 1. The molecule has 4 aromatic rings. The fourth-order valence-electron chi connectivity index (χ4n) is 4.79. The van der Waals surface area contributed by atoms with E-state index in [1.165, 1.54) is 18.3 Å². The summed E-state index contributed by atoms with van der Waals surface area (Å²) in [7, 11) is -3.64. The molecule has 5 rings (SSSR count). The SMILES string of the molecule is Cc1cc2c(cnn2-c2ccc(F)cc2)cc1[C@H]1CN(S(=O)(=O)c2nccs2)CCN1CC(C)C. The fraction of sp³-hybridized carbons (Fsp3) is 0.360. The van der Waals surface area contributed by atoms with Crippen LogP contribution >= 0.6 is 11.3 Å². The zero-order valence-electron chi connectivity index (χ0n) is 19.9. The molecule has 184 valence electrons. The van der Waals surface area contributed by atoms with Gasteiger partial charge in [-0.3, -0.25) is 4.90 Å². The van der Waals surface area contributed by atoms with E-state index < -0.39 is 10.0 Å². The van der Waals surface area contributed by atoms with Crippen LogP contribution in [0.4, 0.5) is 4.39 Å². The maximum Gasteiger partial charge on any atom is 0.270 e. The van der Waals surface area contributed by atoms with E-state index in [2.05, 4.69) is 47.9 Å². The fourth-order valence-corrected chi connectivity index (χ4v) is 7.19. The molecule has 2 aromatic carbocycles. The molecule has 7 nitrogen and oxygen atoms in total. The average Bonchev–Trinajstić information content (AvgIpc) is 3.50. The summed E-state index contributed by atoms with van der Waals surface area (Å²) in [6, 6.07) is 10.4. The number of hydrogen-bond acceptors (Lipinski definition) is 6. The van der Waals surface area contributed by atoms with E-state index in [1.807, 2.05) is 0 Å². The van der Waals surface area contributed by atoms with Gasteiger partial charge in [0.05, 0.1) is 17.4 Å². The Hall–Kier alpha value is -2.66. The highest BCUT2D eigenvalue weighted by molar-refractivity contribution is 7.91. The Bertz CT molecular complexity index is 1430. The van der Waals surface area contributed by atoms with Gasteiger partial charge in [0.1, 0.15) is 5.82 Å². The van der Waals surface area contributed by atoms with E-state index in [-0.39, 0.29) is 16.2 Å². The van der Waals surface area contributed by atoms with Crippen molar-refractivity contribution in [1.82, 2.24) is 24.0 Å². The van der Waals surface area contributed by atoms with Crippen LogP contribution in [0.3, 0.4) is 0 Å². The van der Waals surface area contributed by atoms with Crippen LogP contribution in [0, 0.1) is 18.7 Å². The first kappa shape index (κ1) is 24.1. The number of hydrogen-bond donors (Lipinski definition) is 0. The number of aryl methyl sites for hydroxylation is 1. The average molecular weight is 514 g/mol. The van der Waals surface area contributed by atoms with Crippen molar-refractivity contribution < 1.29 is 12.8 Å². The highest BCUT2D eigenvalue weighted by Crippen LogP contribution is 2.34. The molecule has 3 heterocycles. The summed E-state index contributed by atoms with van der Waals surface area (Å²) in [5.41, 5.74) is 3.87. The molecule has 0 unspecified atom stereocenters. The van der Waals surface area contributed by atoms with Crippen molar-refractivity contribution in [2.75, 3.05) is 26.2 Å². The minimum absolute atomic E-state index is 0.0838. The largest absolute Gasteiger partial charge is 0.293 e. The van der Waals surface area contributed by atoms with E-state index in [9.17, 15) is 12.8 Å². The predicted octanol–water partition coefficient (Wildman–Crippen LogP) is 4.63. The van der Waals surface area contributed by atoms with Gasteiger partial charge in [-0.05, 0) is 60.4 Å². The molecule has 1 fully saturated rings. The zero-order valence-corrected chi connectivity index (χ0v) is 21.6. The van der Waals surface area contributed by atoms with Crippen molar-refractivity contribution in [2.24, 2.45) is 5.92 Å². The molecule has 1 aliphatic rings. The number of rotatable bonds is 6. The molecule has 35 heavy (non-hydrogen) atoms. The summed E-state index contributed by atoms with van der Waals surface area (Å²) in [5, 5.41) is 7.19. The van der Waals surface area contributed by atoms with Gasteiger partial charge in [-0.2, -0.15) is 9.40 Å². The molecule has 0 bridgehead atoms. The Morgan fingerprint density at radius 3 is 2.63 bits per heavy atom. The minimum Gasteiger partial charge on any atom is -0.293 e. The monoisotopic (exact) mass is 513 g/mol. The maximum atomic E-state index is 13.4. The van der Waals surface area contributed by atoms with Crippen LogP contribution in [0.15, 0.2) is 58.5 Å². The Kier molecular flexibility index (Phi) is 6.47. The molecule has 2 aromatic heterocycles. The Morgan fingerprint density at radius 2 is 1.94 bits per heavy atom. The molecule has 0 aliphatic carbocycles. The van der Waals surface area contributed by atoms with Gasteiger partial charge in [-0.25, -0.2) is 22.5 Å². The molecule has 0 N–H and O–H groups in total. The van der Waals surface area contributed by atoms with E-state index in [0.717, 1.165) is 45.6 Å². The molecule has 1 saturated heterocycles. The van der Waals surface area contributed by atoms with Gasteiger partial charge in [0.25, 0.3) is 10.0 Å². The summed E-state index contributed by atoms with van der Waals surface area (Å²) >= 11 is 1.15. The van der Waals surface area contributed by atoms with Crippen LogP contribution < -0.4 is 0 Å². The molecule has 1 atom stereocenters. The van der Waals surface area contributed by atoms with Gasteiger partial charge in [-0.1, -0.05) is 13.8 Å². The Morgan fingerprint density at radius 1 is 1.17 bits per heavy atom. The topological polar surface area (TPSA) is 71.3 Å². The van der Waals surface area contributed by atoms with Gasteiger partial charge in [0, 0.05) is 49.2 Å². The lowest BCUT2D eigenvalue weighted by Crippen LogP contribution is -2.51. The van der Waals surface area contributed by atoms with Crippen LogP contribution in [0.25, 0.3) is 16.6 Å². The number of benzene rings is 2. The van der Waals surface area contributed by atoms with E-state index >= 15 is 0 Å². The van der Waals surface area contributed by atoms with Crippen LogP contribution in [0.2, 0.25) is 0 Å². The van der Waals surface area contributed by atoms with Gasteiger partial charge in [0.15, 0.2) is 0 Å². The smallest absolute Gasteiger partial charge is 0.270 e. The molecule has 10 heteroatoms. The molecule has 0 radical (unpaired) electrons. The predicted molar refractivity (Wildman–Crippen MR) is 136 cm³/mol. The summed E-state index contributed by atoms with van der Waals surface area (Å²) in [5.74, 6) is 0.161. The highest BCUT2D eigenvalue weighted by Gasteiger charge is 2.37. The first-order valence-electron chi connectivity index (χ1n) is 11.6. The van der Waals surface area contributed by atoms with Gasteiger partial charge >= 0.3 is 0 Å². The minimum atomic E-state index is -3.64. The second-order valence-corrected chi connectivity index (χ2v) is 12.4. The normalized spacial score (nSPS) is 18.0. The summed E-state index contributed by atoms with van der Waals surface area (Å²) in [6.45, 7) is 8.75. The quantitative estimate of drug-likeness (QED) is 0.376. The first-order chi connectivity index (χ1) is 16.7. The third-order valence-corrected chi connectivity index (χ3v) is 9.45. The number of nitrogens with zero attached hydrogens (tertiary/aromatic N) is 5. The lowest BCUT2D eigenvalue weighted by atomic mass is 9.96. The van der Waals surface area contributed by atoms with Crippen molar-refractivity contribution in [3.63, 3.8) is 0 Å². The van der Waals surface area contributed by atoms with Crippen LogP contribution in [-0.2, 0) is 10.0 Å². The maximum absolute atomic E-state index is 13.4. The third kappa shape index (κ3) is 4.63. The summed E-state index contributed by atoms with van der Waals surface area (Å²) < 4.78 is 43.4. The van der Waals surface area contributed by atoms with E-state index in [4.69, 9.17) is 0 Å². The lowest BCUT2D eigenvalue weighted by molar-refractivity contribution is 0.105. The zero-order chi connectivity index (χ0) is 24.7. The van der Waals surface area contributed by atoms with Crippen LogP contribution in [-0.4, -0.2) is 58.6 Å². The van der Waals surface area contributed by atoms with E-state index in [1.54, 1.807) is 32.7 Å². The third-order valence-electron chi connectivity index (χ3n) is 6.41. The van der Waals surface area contributed by atoms with Crippen molar-refractivity contribution in [1.29, 1.82) is 0 Å². The lowest BCUT2D eigenvalue weighted by Gasteiger charge is -2.42. The van der Waals surface area contributed by atoms with Crippen molar-refractivity contribution in [2.45, 2.75) is 31.2 Å². The number of fused-ring (bicyclic) bond motifs is 1. The first-order valence-corrected chi connectivity index (χ1v) is 13.9. The van der Waals surface area contributed by atoms with Crippen LogP contribution in [0.5, 0.6) is 0 Å². The number of piperazine rings is 1. The number of halogens is 1. The Labute approximate surface area is 208 Å². The molecular weight excluding hydrogens is 485 g/mol. The molecular formula is C25H28FN5O2S2. The second kappa shape index (κ2) is 9.42.